The summed E-state index contributed by atoms with van der Waals surface area (Å²) < 4.78 is 0. The monoisotopic (exact) mass is 242 g/mol. The Labute approximate surface area is 105 Å². The number of hydrogen-bond acceptors (Lipinski definition) is 3. The van der Waals surface area contributed by atoms with Gasteiger partial charge in [0.05, 0.1) is 0 Å². The highest BCUT2D eigenvalue weighted by molar-refractivity contribution is 8.00. The zero-order valence-electron chi connectivity index (χ0n) is 10.4. The first-order valence-electron chi connectivity index (χ1n) is 7.00. The molecule has 2 saturated heterocycles. The van der Waals surface area contributed by atoms with Crippen molar-refractivity contribution in [2.45, 2.75) is 43.8 Å². The first-order valence-corrected chi connectivity index (χ1v) is 8.05. The van der Waals surface area contributed by atoms with Crippen molar-refractivity contribution >= 4 is 11.8 Å². The van der Waals surface area contributed by atoms with Gasteiger partial charge in [-0.05, 0) is 64.0 Å². The summed E-state index contributed by atoms with van der Waals surface area (Å²) in [7, 11) is 0. The van der Waals surface area contributed by atoms with E-state index in [1.807, 2.05) is 0 Å². The van der Waals surface area contributed by atoms with Gasteiger partial charge in [0.2, 0.25) is 0 Å². The molecule has 0 saturated carbocycles. The minimum absolute atomic E-state index is 0.912. The Kier molecular flexibility index (Phi) is 6.02. The van der Waals surface area contributed by atoms with Crippen molar-refractivity contribution in [3.8, 4) is 0 Å². The van der Waals surface area contributed by atoms with Crippen molar-refractivity contribution in [1.82, 2.24) is 10.2 Å². The van der Waals surface area contributed by atoms with Crippen molar-refractivity contribution < 1.29 is 0 Å². The average molecular weight is 242 g/mol. The predicted octanol–water partition coefficient (Wildman–Crippen LogP) is 2.35. The lowest BCUT2D eigenvalue weighted by Gasteiger charge is -2.26. The molecule has 94 valence electrons. The second-order valence-corrected chi connectivity index (χ2v) is 6.50. The van der Waals surface area contributed by atoms with Crippen LogP contribution in [0.3, 0.4) is 0 Å². The Hall–Kier alpha value is 0.270. The standard InChI is InChI=1S/C13H26N2S/c1-2-8-15(9-3-1)10-5-7-14-12-13-6-4-11-16-13/h13-14H,1-12H2. The Morgan fingerprint density at radius 3 is 2.75 bits per heavy atom. The summed E-state index contributed by atoms with van der Waals surface area (Å²) in [5.41, 5.74) is 0. The summed E-state index contributed by atoms with van der Waals surface area (Å²) in [6.07, 6.45) is 8.50. The van der Waals surface area contributed by atoms with Gasteiger partial charge in [-0.1, -0.05) is 6.42 Å². The smallest absolute Gasteiger partial charge is 0.0172 e. The van der Waals surface area contributed by atoms with Crippen LogP contribution in [0.15, 0.2) is 0 Å². The maximum atomic E-state index is 3.62. The largest absolute Gasteiger partial charge is 0.316 e. The molecule has 1 unspecified atom stereocenters. The highest BCUT2D eigenvalue weighted by atomic mass is 32.2. The van der Waals surface area contributed by atoms with E-state index in [0.717, 1.165) is 5.25 Å². The molecule has 2 aliphatic rings. The van der Waals surface area contributed by atoms with Gasteiger partial charge in [0.15, 0.2) is 0 Å². The van der Waals surface area contributed by atoms with E-state index in [-0.39, 0.29) is 0 Å². The summed E-state index contributed by atoms with van der Waals surface area (Å²) in [6.45, 7) is 6.46. The van der Waals surface area contributed by atoms with Crippen molar-refractivity contribution in [2.24, 2.45) is 0 Å². The second-order valence-electron chi connectivity index (χ2n) is 5.10. The van der Waals surface area contributed by atoms with Crippen LogP contribution in [0.4, 0.5) is 0 Å². The molecule has 2 fully saturated rings. The van der Waals surface area contributed by atoms with E-state index >= 15 is 0 Å². The van der Waals surface area contributed by atoms with Gasteiger partial charge in [-0.15, -0.1) is 0 Å². The second kappa shape index (κ2) is 7.57. The van der Waals surface area contributed by atoms with Crippen LogP contribution < -0.4 is 5.32 Å². The normalized spacial score (nSPS) is 27.4. The number of rotatable bonds is 6. The Morgan fingerprint density at radius 2 is 2.00 bits per heavy atom. The van der Waals surface area contributed by atoms with Gasteiger partial charge in [0, 0.05) is 11.8 Å². The molecule has 0 aromatic heterocycles. The maximum absolute atomic E-state index is 3.62. The number of nitrogens with zero attached hydrogens (tertiary/aromatic N) is 1. The lowest BCUT2D eigenvalue weighted by atomic mass is 10.1. The van der Waals surface area contributed by atoms with Crippen LogP contribution >= 0.6 is 11.8 Å². The predicted molar refractivity (Wildman–Crippen MR) is 73.3 cm³/mol. The highest BCUT2D eigenvalue weighted by Crippen LogP contribution is 2.25. The molecule has 16 heavy (non-hydrogen) atoms. The van der Waals surface area contributed by atoms with Gasteiger partial charge in [-0.3, -0.25) is 0 Å². The van der Waals surface area contributed by atoms with E-state index in [2.05, 4.69) is 22.0 Å². The average Bonchev–Trinajstić information content (AvgIpc) is 2.83. The highest BCUT2D eigenvalue weighted by Gasteiger charge is 2.14. The molecule has 0 radical (unpaired) electrons. The van der Waals surface area contributed by atoms with E-state index in [9.17, 15) is 0 Å². The van der Waals surface area contributed by atoms with Gasteiger partial charge >= 0.3 is 0 Å². The van der Waals surface area contributed by atoms with Gasteiger partial charge in [-0.25, -0.2) is 0 Å². The Bertz CT molecular complexity index is 175. The number of likely N-dealkylation sites (tertiary alicyclic amines) is 1. The quantitative estimate of drug-likeness (QED) is 0.720. The fourth-order valence-electron chi connectivity index (χ4n) is 2.68. The van der Waals surface area contributed by atoms with Crippen LogP contribution in [0.25, 0.3) is 0 Å². The van der Waals surface area contributed by atoms with E-state index in [1.165, 1.54) is 77.0 Å². The van der Waals surface area contributed by atoms with Crippen LogP contribution in [0.2, 0.25) is 0 Å². The SMILES string of the molecule is C1CCN(CCCNCC2CCCS2)CC1. The van der Waals surface area contributed by atoms with Crippen molar-refractivity contribution in [2.75, 3.05) is 38.5 Å². The van der Waals surface area contributed by atoms with Crippen molar-refractivity contribution in [3.05, 3.63) is 0 Å². The lowest BCUT2D eigenvalue weighted by Crippen LogP contribution is -2.33. The topological polar surface area (TPSA) is 15.3 Å². The Balaban J connectivity index is 1.42. The van der Waals surface area contributed by atoms with Gasteiger partial charge in [0.1, 0.15) is 0 Å². The van der Waals surface area contributed by atoms with Crippen LogP contribution in [-0.2, 0) is 0 Å². The molecular weight excluding hydrogens is 216 g/mol. The molecular formula is C13H26N2S. The molecule has 3 heteroatoms. The van der Waals surface area contributed by atoms with E-state index in [1.54, 1.807) is 0 Å². The molecule has 2 rings (SSSR count). The van der Waals surface area contributed by atoms with Crippen LogP contribution in [0.1, 0.15) is 38.5 Å². The zero-order chi connectivity index (χ0) is 11.1. The summed E-state index contributed by atoms with van der Waals surface area (Å²) in [6, 6.07) is 0. The molecule has 2 nitrogen and oxygen atoms in total. The fourth-order valence-corrected chi connectivity index (χ4v) is 3.91. The summed E-state index contributed by atoms with van der Waals surface area (Å²) >= 11 is 2.16. The van der Waals surface area contributed by atoms with Crippen LogP contribution in [0.5, 0.6) is 0 Å². The van der Waals surface area contributed by atoms with Crippen LogP contribution in [-0.4, -0.2) is 48.6 Å². The fraction of sp³-hybridized carbons (Fsp3) is 1.00. The number of piperidine rings is 1. The lowest BCUT2D eigenvalue weighted by molar-refractivity contribution is 0.226. The first kappa shape index (κ1) is 12.7. The van der Waals surface area contributed by atoms with Crippen LogP contribution in [0, 0.1) is 0 Å². The molecule has 1 atom stereocenters. The zero-order valence-corrected chi connectivity index (χ0v) is 11.2. The third-order valence-corrected chi connectivity index (χ3v) is 5.07. The number of nitrogens with one attached hydrogen (secondary N) is 1. The molecule has 0 aromatic carbocycles. The Morgan fingerprint density at radius 1 is 1.12 bits per heavy atom. The maximum Gasteiger partial charge on any atom is 0.0172 e. The van der Waals surface area contributed by atoms with Crippen molar-refractivity contribution in [1.29, 1.82) is 0 Å². The molecule has 1 N–H and O–H groups in total. The van der Waals surface area contributed by atoms with Crippen molar-refractivity contribution in [3.63, 3.8) is 0 Å². The van der Waals surface area contributed by atoms with E-state index < -0.39 is 0 Å². The third-order valence-electron chi connectivity index (χ3n) is 3.67. The minimum atomic E-state index is 0.912. The molecule has 2 aliphatic heterocycles. The molecule has 0 aliphatic carbocycles. The first-order chi connectivity index (χ1) is 7.95. The number of thioether (sulfide) groups is 1. The molecule has 0 aromatic rings. The minimum Gasteiger partial charge on any atom is -0.316 e. The molecule has 0 spiro atoms. The molecule has 0 bridgehead atoms. The van der Waals surface area contributed by atoms with E-state index in [0.29, 0.717) is 0 Å². The van der Waals surface area contributed by atoms with Gasteiger partial charge < -0.3 is 10.2 Å². The molecule has 2 heterocycles. The van der Waals surface area contributed by atoms with Gasteiger partial charge in [0.25, 0.3) is 0 Å². The van der Waals surface area contributed by atoms with E-state index in [4.69, 9.17) is 0 Å². The molecule has 0 amide bonds. The third kappa shape index (κ3) is 4.64. The van der Waals surface area contributed by atoms with Gasteiger partial charge in [-0.2, -0.15) is 11.8 Å². The summed E-state index contributed by atoms with van der Waals surface area (Å²) in [5, 5.41) is 4.53. The summed E-state index contributed by atoms with van der Waals surface area (Å²) in [4.78, 5) is 2.63. The number of hydrogen-bond donors (Lipinski definition) is 1. The summed E-state index contributed by atoms with van der Waals surface area (Å²) in [5.74, 6) is 1.39.